The maximum atomic E-state index is 13.1. The molecule has 0 unspecified atom stereocenters. The Balaban J connectivity index is 1.70. The number of aromatic hydroxyl groups is 1. The van der Waals surface area contributed by atoms with E-state index in [1.165, 1.54) is 11.9 Å². The molecule has 0 spiro atoms. The minimum atomic E-state index is -0.282. The summed E-state index contributed by atoms with van der Waals surface area (Å²) in [5.74, 6) is 1.48. The van der Waals surface area contributed by atoms with Crippen molar-refractivity contribution in [3.63, 3.8) is 0 Å². The number of nitrogens with zero attached hydrogens (tertiary/aromatic N) is 4. The van der Waals surface area contributed by atoms with Crippen LogP contribution in [0.4, 0.5) is 0 Å². The number of carbonyl (C=O) groups is 1. The monoisotopic (exact) mass is 424 g/mol. The second-order valence-corrected chi connectivity index (χ2v) is 7.22. The van der Waals surface area contributed by atoms with Gasteiger partial charge in [-0.25, -0.2) is 0 Å². The topological polar surface area (TPSA) is 99.4 Å². The number of methoxy groups -OCH3 is 1. The highest BCUT2D eigenvalue weighted by atomic mass is 16.5. The number of ketones is 1. The predicted octanol–water partition coefficient (Wildman–Crippen LogP) is 3.51. The van der Waals surface area contributed by atoms with Crippen LogP contribution in [0.3, 0.4) is 0 Å². The Morgan fingerprint density at radius 2 is 1.87 bits per heavy atom. The number of phenolic OH excluding ortho intramolecular Hbond substituents is 1. The van der Waals surface area contributed by atoms with Crippen LogP contribution < -0.4 is 9.47 Å². The van der Waals surface area contributed by atoms with Gasteiger partial charge in [0.15, 0.2) is 11.6 Å². The number of hydrogen-bond donors (Lipinski definition) is 1. The SMILES string of the molecule is CCCc1c(OCCCCc2nnn(C)n2)ccc(C(=O)c2ccccc2OC)c1O. The van der Waals surface area contributed by atoms with E-state index in [0.29, 0.717) is 41.5 Å². The second-order valence-electron chi connectivity index (χ2n) is 7.22. The fraction of sp³-hybridized carbons (Fsp3) is 0.391. The predicted molar refractivity (Wildman–Crippen MR) is 116 cm³/mol. The van der Waals surface area contributed by atoms with Crippen LogP contribution in [0.5, 0.6) is 17.2 Å². The molecule has 1 aromatic heterocycles. The number of para-hydroxylation sites is 1. The summed E-state index contributed by atoms with van der Waals surface area (Å²) in [6.45, 7) is 2.52. The minimum Gasteiger partial charge on any atom is -0.507 e. The van der Waals surface area contributed by atoms with Crippen LogP contribution in [0.2, 0.25) is 0 Å². The maximum Gasteiger partial charge on any atom is 0.200 e. The van der Waals surface area contributed by atoms with Crippen molar-refractivity contribution in [2.45, 2.75) is 39.0 Å². The average Bonchev–Trinajstić information content (AvgIpc) is 3.20. The molecule has 0 aliphatic heterocycles. The number of aryl methyl sites for hydroxylation is 2. The lowest BCUT2D eigenvalue weighted by Crippen LogP contribution is -2.07. The standard InChI is InChI=1S/C23H28N4O4/c1-4-9-16-20(31-15-8-7-12-21-24-26-27(2)25-21)14-13-18(22(16)28)23(29)17-10-5-6-11-19(17)30-3/h5-6,10-11,13-14,28H,4,7-9,12,15H2,1-3H3. The van der Waals surface area contributed by atoms with Crippen molar-refractivity contribution in [3.05, 3.63) is 58.9 Å². The number of phenols is 1. The quantitative estimate of drug-likeness (QED) is 0.371. The largest absolute Gasteiger partial charge is 0.507 e. The number of aromatic nitrogens is 4. The van der Waals surface area contributed by atoms with E-state index >= 15 is 0 Å². The van der Waals surface area contributed by atoms with Crippen LogP contribution in [-0.2, 0) is 19.9 Å². The lowest BCUT2D eigenvalue weighted by Gasteiger charge is -2.16. The van der Waals surface area contributed by atoms with Gasteiger partial charge in [0, 0.05) is 12.0 Å². The van der Waals surface area contributed by atoms with Gasteiger partial charge < -0.3 is 14.6 Å². The van der Waals surface area contributed by atoms with Crippen molar-refractivity contribution in [1.82, 2.24) is 20.2 Å². The highest BCUT2D eigenvalue weighted by Gasteiger charge is 2.21. The fourth-order valence-electron chi connectivity index (χ4n) is 3.40. The van der Waals surface area contributed by atoms with Crippen molar-refractivity contribution in [3.8, 4) is 17.2 Å². The lowest BCUT2D eigenvalue weighted by atomic mass is 9.97. The van der Waals surface area contributed by atoms with Gasteiger partial charge in [-0.3, -0.25) is 4.79 Å². The molecule has 2 aromatic carbocycles. The molecule has 31 heavy (non-hydrogen) atoms. The van der Waals surface area contributed by atoms with Gasteiger partial charge in [0.1, 0.15) is 17.2 Å². The molecule has 0 saturated carbocycles. The van der Waals surface area contributed by atoms with Crippen LogP contribution >= 0.6 is 0 Å². The Morgan fingerprint density at radius 3 is 2.58 bits per heavy atom. The number of tetrazole rings is 1. The smallest absolute Gasteiger partial charge is 0.200 e. The van der Waals surface area contributed by atoms with Crippen LogP contribution in [0, 0.1) is 0 Å². The molecule has 3 aromatic rings. The van der Waals surface area contributed by atoms with Gasteiger partial charge in [-0.15, -0.1) is 10.2 Å². The molecular formula is C23H28N4O4. The summed E-state index contributed by atoms with van der Waals surface area (Å²) in [6.07, 6.45) is 3.83. The summed E-state index contributed by atoms with van der Waals surface area (Å²) in [5.41, 5.74) is 1.31. The molecule has 3 rings (SSSR count). The van der Waals surface area contributed by atoms with Gasteiger partial charge in [0.2, 0.25) is 0 Å². The molecule has 0 aliphatic rings. The first-order valence-corrected chi connectivity index (χ1v) is 10.4. The lowest BCUT2D eigenvalue weighted by molar-refractivity contribution is 0.103. The maximum absolute atomic E-state index is 13.1. The van der Waals surface area contributed by atoms with E-state index < -0.39 is 0 Å². The van der Waals surface area contributed by atoms with E-state index in [1.807, 2.05) is 6.92 Å². The Kier molecular flexibility index (Phi) is 7.59. The zero-order valence-corrected chi connectivity index (χ0v) is 18.2. The van der Waals surface area contributed by atoms with Gasteiger partial charge in [0.05, 0.1) is 31.9 Å². The molecule has 0 amide bonds. The third-order valence-corrected chi connectivity index (χ3v) is 4.94. The number of hydrogen-bond acceptors (Lipinski definition) is 7. The van der Waals surface area contributed by atoms with Crippen LogP contribution in [-0.4, -0.2) is 44.8 Å². The molecular weight excluding hydrogens is 396 g/mol. The summed E-state index contributed by atoms with van der Waals surface area (Å²) in [4.78, 5) is 14.5. The number of rotatable bonds is 11. The first-order valence-electron chi connectivity index (χ1n) is 10.4. The minimum absolute atomic E-state index is 0.0287. The molecule has 0 saturated heterocycles. The zero-order chi connectivity index (χ0) is 22.2. The third-order valence-electron chi connectivity index (χ3n) is 4.94. The molecule has 0 fully saturated rings. The molecule has 0 bridgehead atoms. The van der Waals surface area contributed by atoms with E-state index in [2.05, 4.69) is 15.4 Å². The van der Waals surface area contributed by atoms with Crippen LogP contribution in [0.1, 0.15) is 53.5 Å². The molecule has 0 radical (unpaired) electrons. The Hall–Kier alpha value is -3.42. The first kappa shape index (κ1) is 22.3. The van der Waals surface area contributed by atoms with Crippen LogP contribution in [0.15, 0.2) is 36.4 Å². The van der Waals surface area contributed by atoms with Gasteiger partial charge >= 0.3 is 0 Å². The highest BCUT2D eigenvalue weighted by Crippen LogP contribution is 2.35. The van der Waals surface area contributed by atoms with Gasteiger partial charge in [-0.05, 0) is 48.7 Å². The number of carbonyl (C=O) groups excluding carboxylic acids is 1. The Morgan fingerprint density at radius 1 is 1.06 bits per heavy atom. The summed E-state index contributed by atoms with van der Waals surface area (Å²) in [5, 5.41) is 22.8. The molecule has 0 aliphatic carbocycles. The molecule has 1 N–H and O–H groups in total. The van der Waals surface area contributed by atoms with Gasteiger partial charge in [-0.1, -0.05) is 25.5 Å². The van der Waals surface area contributed by atoms with Crippen molar-refractivity contribution in [1.29, 1.82) is 0 Å². The van der Waals surface area contributed by atoms with Crippen molar-refractivity contribution < 1.29 is 19.4 Å². The van der Waals surface area contributed by atoms with E-state index in [4.69, 9.17) is 9.47 Å². The number of ether oxygens (including phenoxy) is 2. The molecule has 0 atom stereocenters. The van der Waals surface area contributed by atoms with E-state index in [1.54, 1.807) is 43.4 Å². The van der Waals surface area contributed by atoms with E-state index in [9.17, 15) is 9.90 Å². The number of benzene rings is 2. The number of unbranched alkanes of at least 4 members (excludes halogenated alkanes) is 1. The van der Waals surface area contributed by atoms with Gasteiger partial charge in [-0.2, -0.15) is 4.80 Å². The van der Waals surface area contributed by atoms with Gasteiger partial charge in [0.25, 0.3) is 0 Å². The highest BCUT2D eigenvalue weighted by molar-refractivity contribution is 6.12. The molecule has 8 heteroatoms. The molecule has 8 nitrogen and oxygen atoms in total. The van der Waals surface area contributed by atoms with Crippen LogP contribution in [0.25, 0.3) is 0 Å². The summed E-state index contributed by atoms with van der Waals surface area (Å²) < 4.78 is 11.2. The van der Waals surface area contributed by atoms with Crippen molar-refractivity contribution in [2.75, 3.05) is 13.7 Å². The third kappa shape index (κ3) is 5.39. The first-order chi connectivity index (χ1) is 15.0. The summed E-state index contributed by atoms with van der Waals surface area (Å²) in [7, 11) is 3.26. The second kappa shape index (κ2) is 10.6. The fourth-order valence-corrected chi connectivity index (χ4v) is 3.40. The summed E-state index contributed by atoms with van der Waals surface area (Å²) in [6, 6.07) is 10.4. The normalized spacial score (nSPS) is 10.8. The Bertz CT molecular complexity index is 1030. The average molecular weight is 425 g/mol. The Labute approximate surface area is 181 Å². The molecule has 1 heterocycles. The van der Waals surface area contributed by atoms with Crippen molar-refractivity contribution in [2.24, 2.45) is 7.05 Å². The van der Waals surface area contributed by atoms with E-state index in [-0.39, 0.29) is 17.1 Å². The molecule has 164 valence electrons. The zero-order valence-electron chi connectivity index (χ0n) is 18.2. The van der Waals surface area contributed by atoms with Crippen molar-refractivity contribution >= 4 is 5.78 Å². The van der Waals surface area contributed by atoms with E-state index in [0.717, 1.165) is 25.7 Å². The summed E-state index contributed by atoms with van der Waals surface area (Å²) >= 11 is 0.